The van der Waals surface area contributed by atoms with Gasteiger partial charge in [-0.25, -0.2) is 4.79 Å². The van der Waals surface area contributed by atoms with Crippen molar-refractivity contribution in [2.24, 2.45) is 0 Å². The minimum atomic E-state index is -0.965. The summed E-state index contributed by atoms with van der Waals surface area (Å²) in [6.45, 7) is 0. The number of nitrogens with two attached hydrogens (primary N) is 1. The number of fused-ring (bicyclic) bond motifs is 1. The van der Waals surface area contributed by atoms with Crippen LogP contribution in [0.5, 0.6) is 0 Å². The molecule has 5 heteroatoms. The van der Waals surface area contributed by atoms with Crippen LogP contribution >= 0.6 is 11.3 Å². The van der Waals surface area contributed by atoms with Gasteiger partial charge in [-0.1, -0.05) is 12.1 Å². The number of carboxylic acids is 1. The first-order valence-corrected chi connectivity index (χ1v) is 7.63. The van der Waals surface area contributed by atoms with Crippen molar-refractivity contribution >= 4 is 28.1 Å². The highest BCUT2D eigenvalue weighted by Gasteiger charge is 2.25. The number of carbonyl (C=O) groups excluding carboxylic acids is 1. The van der Waals surface area contributed by atoms with Gasteiger partial charge in [-0.05, 0) is 42.5 Å². The van der Waals surface area contributed by atoms with Crippen LogP contribution in [-0.2, 0) is 19.3 Å². The Morgan fingerprint density at radius 3 is 2.57 bits per heavy atom. The van der Waals surface area contributed by atoms with Crippen LogP contribution in [0.1, 0.15) is 43.1 Å². The SMILES string of the molecule is Nc1sc2c(c1C(=O)Cc1ccc(C(=O)O)cc1)CCC2. The van der Waals surface area contributed by atoms with Crippen LogP contribution in [0.25, 0.3) is 0 Å². The number of hydrogen-bond donors (Lipinski definition) is 2. The molecule has 21 heavy (non-hydrogen) atoms. The summed E-state index contributed by atoms with van der Waals surface area (Å²) < 4.78 is 0. The largest absolute Gasteiger partial charge is 0.478 e. The van der Waals surface area contributed by atoms with Crippen LogP contribution in [-0.4, -0.2) is 16.9 Å². The Morgan fingerprint density at radius 2 is 1.90 bits per heavy atom. The predicted molar refractivity (Wildman–Crippen MR) is 82.2 cm³/mol. The zero-order chi connectivity index (χ0) is 15.0. The first-order valence-electron chi connectivity index (χ1n) is 6.81. The molecular formula is C16H15NO3S. The summed E-state index contributed by atoms with van der Waals surface area (Å²) >= 11 is 1.53. The number of ketones is 1. The molecule has 1 aliphatic carbocycles. The number of carbonyl (C=O) groups is 2. The Kier molecular flexibility index (Phi) is 3.51. The van der Waals surface area contributed by atoms with E-state index in [1.807, 2.05) is 0 Å². The van der Waals surface area contributed by atoms with Crippen LogP contribution < -0.4 is 5.73 Å². The number of benzene rings is 1. The van der Waals surface area contributed by atoms with Gasteiger partial charge < -0.3 is 10.8 Å². The fraction of sp³-hybridized carbons (Fsp3) is 0.250. The van der Waals surface area contributed by atoms with E-state index in [2.05, 4.69) is 0 Å². The summed E-state index contributed by atoms with van der Waals surface area (Å²) in [5.74, 6) is -0.942. The second-order valence-corrected chi connectivity index (χ2v) is 6.34. The van der Waals surface area contributed by atoms with Crippen molar-refractivity contribution in [3.8, 4) is 0 Å². The number of carboxylic acid groups (broad SMARTS) is 1. The highest BCUT2D eigenvalue weighted by atomic mass is 32.1. The van der Waals surface area contributed by atoms with Gasteiger partial charge in [-0.2, -0.15) is 0 Å². The number of aryl methyl sites for hydroxylation is 1. The molecule has 0 bridgehead atoms. The molecule has 0 atom stereocenters. The minimum absolute atomic E-state index is 0.0231. The van der Waals surface area contributed by atoms with Gasteiger partial charge in [0.2, 0.25) is 0 Å². The summed E-state index contributed by atoms with van der Waals surface area (Å²) in [6, 6.07) is 6.41. The lowest BCUT2D eigenvalue weighted by Gasteiger charge is -2.04. The monoisotopic (exact) mass is 301 g/mol. The number of anilines is 1. The lowest BCUT2D eigenvalue weighted by molar-refractivity contribution is 0.0696. The van der Waals surface area contributed by atoms with Crippen LogP contribution in [0.3, 0.4) is 0 Å². The van der Waals surface area contributed by atoms with Gasteiger partial charge >= 0.3 is 5.97 Å². The molecule has 0 saturated carbocycles. The Balaban J connectivity index is 1.82. The minimum Gasteiger partial charge on any atom is -0.478 e. The molecule has 0 spiro atoms. The molecule has 1 aromatic carbocycles. The fourth-order valence-electron chi connectivity index (χ4n) is 2.77. The molecule has 0 aliphatic heterocycles. The molecular weight excluding hydrogens is 286 g/mol. The van der Waals surface area contributed by atoms with E-state index in [0.29, 0.717) is 10.6 Å². The zero-order valence-electron chi connectivity index (χ0n) is 11.4. The molecule has 0 saturated heterocycles. The lowest BCUT2D eigenvalue weighted by Crippen LogP contribution is -2.07. The second-order valence-electron chi connectivity index (χ2n) is 5.20. The highest BCUT2D eigenvalue weighted by molar-refractivity contribution is 7.16. The topological polar surface area (TPSA) is 80.4 Å². The standard InChI is InChI=1S/C16H15NO3S/c17-15-14(11-2-1-3-13(11)21-15)12(18)8-9-4-6-10(7-5-9)16(19)20/h4-7H,1-3,8,17H2,(H,19,20). The number of hydrogen-bond acceptors (Lipinski definition) is 4. The van der Waals surface area contributed by atoms with Crippen molar-refractivity contribution in [1.82, 2.24) is 0 Å². The van der Waals surface area contributed by atoms with Crippen LogP contribution in [0.4, 0.5) is 5.00 Å². The first-order chi connectivity index (χ1) is 10.1. The summed E-state index contributed by atoms with van der Waals surface area (Å²) in [4.78, 5) is 24.5. The molecule has 0 radical (unpaired) electrons. The molecule has 0 unspecified atom stereocenters. The summed E-state index contributed by atoms with van der Waals surface area (Å²) in [7, 11) is 0. The third-order valence-corrected chi connectivity index (χ3v) is 4.91. The maximum atomic E-state index is 12.5. The molecule has 4 nitrogen and oxygen atoms in total. The van der Waals surface area contributed by atoms with E-state index in [1.165, 1.54) is 28.3 Å². The van der Waals surface area contributed by atoms with Crippen molar-refractivity contribution in [1.29, 1.82) is 0 Å². The number of thiophene rings is 1. The fourth-order valence-corrected chi connectivity index (χ4v) is 3.95. The van der Waals surface area contributed by atoms with Crippen LogP contribution in [0.15, 0.2) is 24.3 Å². The van der Waals surface area contributed by atoms with Gasteiger partial charge in [0, 0.05) is 11.3 Å². The number of aromatic carboxylic acids is 1. The molecule has 108 valence electrons. The summed E-state index contributed by atoms with van der Waals surface area (Å²) in [5.41, 5.74) is 8.84. The van der Waals surface area contributed by atoms with Crippen molar-refractivity contribution in [3.63, 3.8) is 0 Å². The van der Waals surface area contributed by atoms with E-state index in [1.54, 1.807) is 12.1 Å². The smallest absolute Gasteiger partial charge is 0.335 e. The average Bonchev–Trinajstić information content (AvgIpc) is 2.98. The number of nitrogen functional groups attached to an aromatic ring is 1. The van der Waals surface area contributed by atoms with Crippen LogP contribution in [0, 0.1) is 0 Å². The van der Waals surface area contributed by atoms with Gasteiger partial charge in [-0.3, -0.25) is 4.79 Å². The van der Waals surface area contributed by atoms with Crippen LogP contribution in [0.2, 0.25) is 0 Å². The molecule has 0 amide bonds. The molecule has 0 fully saturated rings. The highest BCUT2D eigenvalue weighted by Crippen LogP contribution is 2.37. The Bertz CT molecular complexity index is 716. The summed E-state index contributed by atoms with van der Waals surface area (Å²) in [5, 5.41) is 9.49. The molecule has 3 N–H and O–H groups in total. The molecule has 1 heterocycles. The Labute approximate surface area is 126 Å². The van der Waals surface area contributed by atoms with Gasteiger partial charge in [-0.15, -0.1) is 11.3 Å². The third kappa shape index (κ3) is 2.56. The number of rotatable bonds is 4. The van der Waals surface area contributed by atoms with Gasteiger partial charge in [0.05, 0.1) is 16.1 Å². The second kappa shape index (κ2) is 5.33. The molecule has 1 aliphatic rings. The average molecular weight is 301 g/mol. The van der Waals surface area contributed by atoms with E-state index < -0.39 is 5.97 Å². The van der Waals surface area contributed by atoms with E-state index in [0.717, 1.165) is 30.4 Å². The maximum Gasteiger partial charge on any atom is 0.335 e. The Hall–Kier alpha value is -2.14. The molecule has 3 rings (SSSR count). The predicted octanol–water partition coefficient (Wildman–Crippen LogP) is 2.94. The normalized spacial score (nSPS) is 13.1. The van der Waals surface area contributed by atoms with Crippen molar-refractivity contribution in [2.75, 3.05) is 5.73 Å². The Morgan fingerprint density at radius 1 is 1.19 bits per heavy atom. The molecule has 2 aromatic rings. The van der Waals surface area contributed by atoms with Gasteiger partial charge in [0.1, 0.15) is 0 Å². The first kappa shape index (κ1) is 13.8. The zero-order valence-corrected chi connectivity index (χ0v) is 12.2. The van der Waals surface area contributed by atoms with Gasteiger partial charge in [0.15, 0.2) is 5.78 Å². The van der Waals surface area contributed by atoms with E-state index in [-0.39, 0.29) is 17.8 Å². The third-order valence-electron chi connectivity index (χ3n) is 3.79. The van der Waals surface area contributed by atoms with E-state index >= 15 is 0 Å². The lowest BCUT2D eigenvalue weighted by atomic mass is 9.99. The van der Waals surface area contributed by atoms with Gasteiger partial charge in [0.25, 0.3) is 0 Å². The van der Waals surface area contributed by atoms with Crippen molar-refractivity contribution in [3.05, 3.63) is 51.4 Å². The van der Waals surface area contributed by atoms with E-state index in [4.69, 9.17) is 10.8 Å². The summed E-state index contributed by atoms with van der Waals surface area (Å²) in [6.07, 6.45) is 3.30. The number of Topliss-reactive ketones (excluding diaryl/α,β-unsaturated/α-hetero) is 1. The maximum absolute atomic E-state index is 12.5. The van der Waals surface area contributed by atoms with Crippen molar-refractivity contribution < 1.29 is 14.7 Å². The molecule has 1 aromatic heterocycles. The van der Waals surface area contributed by atoms with E-state index in [9.17, 15) is 9.59 Å². The quantitative estimate of drug-likeness (QED) is 0.851. The van der Waals surface area contributed by atoms with Crippen molar-refractivity contribution in [2.45, 2.75) is 25.7 Å².